The van der Waals surface area contributed by atoms with Crippen LogP contribution in [0.2, 0.25) is 0 Å². The maximum Gasteiger partial charge on any atom is 0.150 e. The van der Waals surface area contributed by atoms with E-state index in [2.05, 4.69) is 5.10 Å². The van der Waals surface area contributed by atoms with Gasteiger partial charge in [-0.15, -0.1) is 0 Å². The van der Waals surface area contributed by atoms with Crippen LogP contribution in [-0.2, 0) is 4.74 Å². The van der Waals surface area contributed by atoms with E-state index in [9.17, 15) is 5.11 Å². The summed E-state index contributed by atoms with van der Waals surface area (Å²) >= 11 is 0. The molecule has 0 bridgehead atoms. The monoisotopic (exact) mass is 232 g/mol. The van der Waals surface area contributed by atoms with E-state index in [-0.39, 0.29) is 6.23 Å². The van der Waals surface area contributed by atoms with Crippen molar-refractivity contribution in [2.45, 2.75) is 32.4 Å². The third-order valence-electron chi connectivity index (χ3n) is 3.45. The number of benzene rings is 1. The number of aromatic hydroxyl groups is 1. The molecule has 0 spiro atoms. The van der Waals surface area contributed by atoms with Crippen molar-refractivity contribution in [3.05, 3.63) is 23.9 Å². The Hall–Kier alpha value is -1.55. The molecule has 2 aromatic rings. The van der Waals surface area contributed by atoms with E-state index in [1.807, 2.05) is 23.9 Å². The lowest BCUT2D eigenvalue weighted by molar-refractivity contribution is -0.0366. The first-order chi connectivity index (χ1) is 8.27. The molecular weight excluding hydrogens is 216 g/mol. The average molecular weight is 232 g/mol. The van der Waals surface area contributed by atoms with E-state index in [4.69, 9.17) is 4.74 Å². The first-order valence-electron chi connectivity index (χ1n) is 6.05. The Kier molecular flexibility index (Phi) is 2.52. The summed E-state index contributed by atoms with van der Waals surface area (Å²) in [5, 5.41) is 15.1. The van der Waals surface area contributed by atoms with E-state index in [1.54, 1.807) is 6.07 Å². The molecule has 2 heterocycles. The minimum atomic E-state index is 0.0465. The highest BCUT2D eigenvalue weighted by Gasteiger charge is 2.19. The highest BCUT2D eigenvalue weighted by molar-refractivity contribution is 5.84. The Labute approximate surface area is 99.8 Å². The first-order valence-corrected chi connectivity index (χ1v) is 6.05. The SMILES string of the molecule is Cc1c(O)ccc2c1cnn2C1CCCCO1. The number of ether oxygens (including phenoxy) is 1. The van der Waals surface area contributed by atoms with Crippen molar-refractivity contribution in [3.8, 4) is 5.75 Å². The molecule has 1 saturated heterocycles. The van der Waals surface area contributed by atoms with Crippen LogP contribution in [0, 0.1) is 6.92 Å². The largest absolute Gasteiger partial charge is 0.508 e. The fraction of sp³-hybridized carbons (Fsp3) is 0.462. The smallest absolute Gasteiger partial charge is 0.150 e. The second-order valence-electron chi connectivity index (χ2n) is 4.55. The zero-order valence-corrected chi connectivity index (χ0v) is 9.89. The number of hydrogen-bond acceptors (Lipinski definition) is 3. The molecule has 1 aliphatic rings. The molecule has 0 saturated carbocycles. The predicted octanol–water partition coefficient (Wildman–Crippen LogP) is 2.75. The third kappa shape index (κ3) is 1.69. The second kappa shape index (κ2) is 4.04. The van der Waals surface area contributed by atoms with Crippen LogP contribution in [-0.4, -0.2) is 21.5 Å². The van der Waals surface area contributed by atoms with Crippen molar-refractivity contribution >= 4 is 10.9 Å². The van der Waals surface area contributed by atoms with Gasteiger partial charge in [0.25, 0.3) is 0 Å². The Bertz CT molecular complexity index is 542. The first kappa shape index (κ1) is 10.6. The number of aryl methyl sites for hydroxylation is 1. The molecule has 1 atom stereocenters. The van der Waals surface area contributed by atoms with Gasteiger partial charge in [-0.25, -0.2) is 4.68 Å². The topological polar surface area (TPSA) is 47.3 Å². The Balaban J connectivity index is 2.08. The summed E-state index contributed by atoms with van der Waals surface area (Å²) in [5.41, 5.74) is 1.91. The number of aromatic nitrogens is 2. The van der Waals surface area contributed by atoms with E-state index >= 15 is 0 Å². The van der Waals surface area contributed by atoms with Gasteiger partial charge in [-0.3, -0.25) is 0 Å². The van der Waals surface area contributed by atoms with Gasteiger partial charge in [0.05, 0.1) is 11.7 Å². The van der Waals surface area contributed by atoms with Gasteiger partial charge < -0.3 is 9.84 Å². The molecule has 4 nitrogen and oxygen atoms in total. The maximum atomic E-state index is 9.67. The minimum Gasteiger partial charge on any atom is -0.508 e. The summed E-state index contributed by atoms with van der Waals surface area (Å²) in [7, 11) is 0. The number of phenols is 1. The van der Waals surface area contributed by atoms with Gasteiger partial charge in [0.2, 0.25) is 0 Å². The lowest BCUT2D eigenvalue weighted by Crippen LogP contribution is -2.18. The van der Waals surface area contributed by atoms with Crippen molar-refractivity contribution in [2.24, 2.45) is 0 Å². The summed E-state index contributed by atoms with van der Waals surface area (Å²) in [5.74, 6) is 0.321. The molecule has 1 unspecified atom stereocenters. The van der Waals surface area contributed by atoms with Crippen LogP contribution in [0.5, 0.6) is 5.75 Å². The van der Waals surface area contributed by atoms with Crippen molar-refractivity contribution in [2.75, 3.05) is 6.61 Å². The number of phenolic OH excluding ortho intramolecular Hbond substituents is 1. The van der Waals surface area contributed by atoms with Crippen molar-refractivity contribution in [1.29, 1.82) is 0 Å². The fourth-order valence-corrected chi connectivity index (χ4v) is 2.39. The normalized spacial score (nSPS) is 20.9. The standard InChI is InChI=1S/C13H16N2O2/c1-9-10-8-14-15(11(10)5-6-12(9)16)13-4-2-3-7-17-13/h5-6,8,13,16H,2-4,7H2,1H3. The van der Waals surface area contributed by atoms with Crippen LogP contribution in [0.15, 0.2) is 18.3 Å². The van der Waals surface area contributed by atoms with Crippen LogP contribution in [0.25, 0.3) is 10.9 Å². The van der Waals surface area contributed by atoms with E-state index in [1.165, 1.54) is 6.42 Å². The van der Waals surface area contributed by atoms with E-state index < -0.39 is 0 Å². The van der Waals surface area contributed by atoms with Crippen molar-refractivity contribution < 1.29 is 9.84 Å². The van der Waals surface area contributed by atoms with Crippen LogP contribution in [0.3, 0.4) is 0 Å². The van der Waals surface area contributed by atoms with Crippen LogP contribution in [0.1, 0.15) is 31.1 Å². The Morgan fingerprint density at radius 3 is 3.06 bits per heavy atom. The zero-order chi connectivity index (χ0) is 11.8. The summed E-state index contributed by atoms with van der Waals surface area (Å²) in [6.45, 7) is 2.72. The number of hydrogen-bond donors (Lipinski definition) is 1. The van der Waals surface area contributed by atoms with Crippen LogP contribution < -0.4 is 0 Å². The molecule has 90 valence electrons. The average Bonchev–Trinajstić information content (AvgIpc) is 2.79. The molecule has 0 radical (unpaired) electrons. The van der Waals surface area contributed by atoms with E-state index in [0.29, 0.717) is 5.75 Å². The molecule has 1 fully saturated rings. The van der Waals surface area contributed by atoms with Gasteiger partial charge in [0.1, 0.15) is 5.75 Å². The van der Waals surface area contributed by atoms with Crippen LogP contribution >= 0.6 is 0 Å². The summed E-state index contributed by atoms with van der Waals surface area (Å²) in [4.78, 5) is 0. The van der Waals surface area contributed by atoms with E-state index in [0.717, 1.165) is 35.9 Å². The van der Waals surface area contributed by atoms with Gasteiger partial charge in [-0.2, -0.15) is 5.10 Å². The number of nitrogens with zero attached hydrogens (tertiary/aromatic N) is 2. The van der Waals surface area contributed by atoms with Gasteiger partial charge >= 0.3 is 0 Å². The molecule has 1 aromatic heterocycles. The fourth-order valence-electron chi connectivity index (χ4n) is 2.39. The zero-order valence-electron chi connectivity index (χ0n) is 9.89. The second-order valence-corrected chi connectivity index (χ2v) is 4.55. The molecule has 1 aromatic carbocycles. The van der Waals surface area contributed by atoms with Gasteiger partial charge in [0.15, 0.2) is 6.23 Å². The van der Waals surface area contributed by atoms with Crippen LogP contribution in [0.4, 0.5) is 0 Å². The summed E-state index contributed by atoms with van der Waals surface area (Å²) < 4.78 is 7.67. The molecule has 1 N–H and O–H groups in total. The van der Waals surface area contributed by atoms with Gasteiger partial charge in [-0.1, -0.05) is 0 Å². The lowest BCUT2D eigenvalue weighted by atomic mass is 10.1. The lowest BCUT2D eigenvalue weighted by Gasteiger charge is -2.23. The number of fused-ring (bicyclic) bond motifs is 1. The Morgan fingerprint density at radius 2 is 2.29 bits per heavy atom. The predicted molar refractivity (Wildman–Crippen MR) is 65.0 cm³/mol. The molecule has 0 amide bonds. The van der Waals surface area contributed by atoms with Crippen molar-refractivity contribution in [1.82, 2.24) is 9.78 Å². The van der Waals surface area contributed by atoms with Gasteiger partial charge in [-0.05, 0) is 38.3 Å². The Morgan fingerprint density at radius 1 is 1.41 bits per heavy atom. The molecule has 3 rings (SSSR count). The summed E-state index contributed by atoms with van der Waals surface area (Å²) in [6.07, 6.45) is 5.18. The molecular formula is C13H16N2O2. The quantitative estimate of drug-likeness (QED) is 0.822. The van der Waals surface area contributed by atoms with Gasteiger partial charge in [0, 0.05) is 17.6 Å². The van der Waals surface area contributed by atoms with Crippen molar-refractivity contribution in [3.63, 3.8) is 0 Å². The molecule has 17 heavy (non-hydrogen) atoms. The highest BCUT2D eigenvalue weighted by atomic mass is 16.5. The maximum absolute atomic E-state index is 9.67. The molecule has 0 aliphatic carbocycles. The molecule has 1 aliphatic heterocycles. The number of rotatable bonds is 1. The minimum absolute atomic E-state index is 0.0465. The molecule has 4 heteroatoms. The summed E-state index contributed by atoms with van der Waals surface area (Å²) in [6, 6.07) is 3.63. The highest BCUT2D eigenvalue weighted by Crippen LogP contribution is 2.30. The third-order valence-corrected chi connectivity index (χ3v) is 3.45.